The van der Waals surface area contributed by atoms with Crippen LogP contribution in [0.5, 0.6) is 0 Å². The van der Waals surface area contributed by atoms with Crippen LogP contribution in [0.25, 0.3) is 5.70 Å². The average Bonchev–Trinajstić information content (AvgIpc) is 2.88. The van der Waals surface area contributed by atoms with E-state index in [9.17, 15) is 4.79 Å². The van der Waals surface area contributed by atoms with Crippen LogP contribution in [0.2, 0.25) is 0 Å². The number of aromatic nitrogens is 3. The summed E-state index contributed by atoms with van der Waals surface area (Å²) in [6.07, 6.45) is 9.88. The van der Waals surface area contributed by atoms with E-state index in [1.165, 1.54) is 6.08 Å². The monoisotopic (exact) mass is 271 g/mol. The fourth-order valence-corrected chi connectivity index (χ4v) is 1.67. The molecule has 2 heterocycles. The molecule has 0 aliphatic carbocycles. The summed E-state index contributed by atoms with van der Waals surface area (Å²) in [6, 6.07) is 3.66. The van der Waals surface area contributed by atoms with Gasteiger partial charge < -0.3 is 9.30 Å². The Labute approximate surface area is 117 Å². The van der Waals surface area contributed by atoms with E-state index in [1.807, 2.05) is 32.9 Å². The van der Waals surface area contributed by atoms with Gasteiger partial charge in [0.2, 0.25) is 0 Å². The molecule has 2 aromatic rings. The zero-order chi connectivity index (χ0) is 14.6. The second kappa shape index (κ2) is 5.69. The number of esters is 1. The molecule has 0 aromatic carbocycles. The number of imidazole rings is 1. The first-order valence-corrected chi connectivity index (χ1v) is 6.29. The molecule has 0 amide bonds. The molecule has 2 rings (SSSR count). The van der Waals surface area contributed by atoms with E-state index in [2.05, 4.69) is 9.97 Å². The van der Waals surface area contributed by atoms with Crippen LogP contribution in [0.15, 0.2) is 49.3 Å². The van der Waals surface area contributed by atoms with Crippen molar-refractivity contribution < 1.29 is 9.53 Å². The van der Waals surface area contributed by atoms with Crippen LogP contribution in [0.3, 0.4) is 0 Å². The number of pyridine rings is 1. The van der Waals surface area contributed by atoms with Crippen molar-refractivity contribution in [1.29, 1.82) is 0 Å². The quantitative estimate of drug-likeness (QED) is 0.635. The molecule has 5 heteroatoms. The molecule has 2 aromatic heterocycles. The van der Waals surface area contributed by atoms with Gasteiger partial charge in [-0.1, -0.05) is 0 Å². The minimum Gasteiger partial charge on any atom is -0.457 e. The van der Waals surface area contributed by atoms with E-state index >= 15 is 0 Å². The van der Waals surface area contributed by atoms with Gasteiger partial charge >= 0.3 is 5.97 Å². The van der Waals surface area contributed by atoms with Gasteiger partial charge in [-0.3, -0.25) is 4.98 Å². The number of hydrogen-bond acceptors (Lipinski definition) is 4. The molecule has 0 aliphatic rings. The van der Waals surface area contributed by atoms with Crippen molar-refractivity contribution in [3.8, 4) is 0 Å². The Morgan fingerprint density at radius 1 is 1.20 bits per heavy atom. The first kappa shape index (κ1) is 14.0. The third-order valence-electron chi connectivity index (χ3n) is 2.42. The van der Waals surface area contributed by atoms with Gasteiger partial charge in [0.15, 0.2) is 0 Å². The normalized spacial score (nSPS) is 12.2. The summed E-state index contributed by atoms with van der Waals surface area (Å²) in [7, 11) is 0. The molecule has 0 aliphatic heterocycles. The summed E-state index contributed by atoms with van der Waals surface area (Å²) in [6.45, 7) is 5.51. The molecule has 5 nitrogen and oxygen atoms in total. The Kier molecular flexibility index (Phi) is 3.98. The van der Waals surface area contributed by atoms with Crippen molar-refractivity contribution in [2.75, 3.05) is 0 Å². The van der Waals surface area contributed by atoms with Crippen LogP contribution in [-0.2, 0) is 9.53 Å². The van der Waals surface area contributed by atoms with Gasteiger partial charge in [0, 0.05) is 36.4 Å². The SMILES string of the molecule is CC(C)(C)OC(=O)/C=C(\c1ccncc1)n1ccnc1. The summed E-state index contributed by atoms with van der Waals surface area (Å²) in [5, 5.41) is 0. The molecule has 0 fully saturated rings. The second-order valence-corrected chi connectivity index (χ2v) is 5.27. The van der Waals surface area contributed by atoms with E-state index in [0.29, 0.717) is 5.70 Å². The van der Waals surface area contributed by atoms with Crippen LogP contribution in [0, 0.1) is 0 Å². The van der Waals surface area contributed by atoms with E-state index in [1.54, 1.807) is 35.7 Å². The molecule has 0 spiro atoms. The molecule has 20 heavy (non-hydrogen) atoms. The fourth-order valence-electron chi connectivity index (χ4n) is 1.67. The average molecular weight is 271 g/mol. The molecule has 0 saturated carbocycles. The van der Waals surface area contributed by atoms with Gasteiger partial charge in [0.25, 0.3) is 0 Å². The topological polar surface area (TPSA) is 57.0 Å². The van der Waals surface area contributed by atoms with Crippen molar-refractivity contribution in [2.45, 2.75) is 26.4 Å². The van der Waals surface area contributed by atoms with Crippen LogP contribution in [-0.4, -0.2) is 26.1 Å². The summed E-state index contributed by atoms with van der Waals surface area (Å²) >= 11 is 0. The molecular weight excluding hydrogens is 254 g/mol. The third kappa shape index (κ3) is 3.78. The van der Waals surface area contributed by atoms with Gasteiger partial charge in [-0.25, -0.2) is 9.78 Å². The number of rotatable bonds is 3. The molecule has 104 valence electrons. The maximum absolute atomic E-state index is 12.0. The van der Waals surface area contributed by atoms with Crippen LogP contribution < -0.4 is 0 Å². The maximum Gasteiger partial charge on any atom is 0.333 e. The zero-order valence-corrected chi connectivity index (χ0v) is 11.8. The third-order valence-corrected chi connectivity index (χ3v) is 2.42. The van der Waals surface area contributed by atoms with Crippen molar-refractivity contribution in [3.05, 3.63) is 54.9 Å². The lowest BCUT2D eigenvalue weighted by molar-refractivity contribution is -0.148. The Morgan fingerprint density at radius 3 is 2.45 bits per heavy atom. The fraction of sp³-hybridized carbons (Fsp3) is 0.267. The number of carbonyl (C=O) groups is 1. The first-order valence-electron chi connectivity index (χ1n) is 6.29. The van der Waals surface area contributed by atoms with Crippen molar-refractivity contribution in [2.24, 2.45) is 0 Å². The Hall–Kier alpha value is -2.43. The van der Waals surface area contributed by atoms with E-state index in [0.717, 1.165) is 5.56 Å². The highest BCUT2D eigenvalue weighted by Crippen LogP contribution is 2.17. The van der Waals surface area contributed by atoms with Crippen LogP contribution in [0.1, 0.15) is 26.3 Å². The summed E-state index contributed by atoms with van der Waals surface area (Å²) < 4.78 is 7.09. The minimum absolute atomic E-state index is 0.391. The van der Waals surface area contributed by atoms with Gasteiger partial charge in [0.05, 0.1) is 12.0 Å². The predicted molar refractivity (Wildman–Crippen MR) is 75.7 cm³/mol. The molecule has 0 saturated heterocycles. The Bertz CT molecular complexity index is 596. The van der Waals surface area contributed by atoms with E-state index in [4.69, 9.17) is 4.74 Å². The molecule has 0 bridgehead atoms. The van der Waals surface area contributed by atoms with Crippen molar-refractivity contribution >= 4 is 11.7 Å². The summed E-state index contributed by atoms with van der Waals surface area (Å²) in [5.74, 6) is -0.391. The van der Waals surface area contributed by atoms with Gasteiger partial charge in [-0.2, -0.15) is 0 Å². The smallest absolute Gasteiger partial charge is 0.333 e. The largest absolute Gasteiger partial charge is 0.457 e. The summed E-state index contributed by atoms with van der Waals surface area (Å²) in [5.41, 5.74) is 1.04. The zero-order valence-electron chi connectivity index (χ0n) is 11.8. The van der Waals surface area contributed by atoms with E-state index < -0.39 is 11.6 Å². The molecular formula is C15H17N3O2. The number of hydrogen-bond donors (Lipinski definition) is 0. The lowest BCUT2D eigenvalue weighted by Crippen LogP contribution is -2.23. The number of carbonyl (C=O) groups excluding carboxylic acids is 1. The lowest BCUT2D eigenvalue weighted by Gasteiger charge is -2.18. The molecule has 0 unspecified atom stereocenters. The second-order valence-electron chi connectivity index (χ2n) is 5.27. The number of nitrogens with zero attached hydrogens (tertiary/aromatic N) is 3. The Morgan fingerprint density at radius 2 is 1.90 bits per heavy atom. The highest BCUT2D eigenvalue weighted by atomic mass is 16.6. The lowest BCUT2D eigenvalue weighted by atomic mass is 10.1. The highest BCUT2D eigenvalue weighted by Gasteiger charge is 2.16. The highest BCUT2D eigenvalue weighted by molar-refractivity contribution is 5.91. The number of ether oxygens (including phenoxy) is 1. The van der Waals surface area contributed by atoms with Gasteiger partial charge in [-0.15, -0.1) is 0 Å². The van der Waals surface area contributed by atoms with E-state index in [-0.39, 0.29) is 0 Å². The molecule has 0 radical (unpaired) electrons. The predicted octanol–water partition coefficient (Wildman–Crippen LogP) is 2.51. The standard InChI is InChI=1S/C15H17N3O2/c1-15(2,3)20-14(19)10-13(18-9-8-17-11-18)12-4-6-16-7-5-12/h4-11H,1-3H3/b13-10+. The van der Waals surface area contributed by atoms with Crippen LogP contribution >= 0.6 is 0 Å². The minimum atomic E-state index is -0.522. The first-order chi connectivity index (χ1) is 9.46. The van der Waals surface area contributed by atoms with Crippen molar-refractivity contribution in [1.82, 2.24) is 14.5 Å². The van der Waals surface area contributed by atoms with Gasteiger partial charge in [0.1, 0.15) is 5.60 Å². The summed E-state index contributed by atoms with van der Waals surface area (Å²) in [4.78, 5) is 20.0. The van der Waals surface area contributed by atoms with Crippen LogP contribution in [0.4, 0.5) is 0 Å². The van der Waals surface area contributed by atoms with Crippen molar-refractivity contribution in [3.63, 3.8) is 0 Å². The molecule has 0 atom stereocenters. The maximum atomic E-state index is 12.0. The molecule has 0 N–H and O–H groups in total. The Balaban J connectivity index is 2.36. The van der Waals surface area contributed by atoms with Gasteiger partial charge in [-0.05, 0) is 32.9 Å².